The SMILES string of the molecule is CCC(=O)OC(=O)CC(c1ccc(O)cc1)c1ccc(O)cc1. The van der Waals surface area contributed by atoms with E-state index in [2.05, 4.69) is 0 Å². The molecule has 0 aromatic heterocycles. The van der Waals surface area contributed by atoms with Crippen LogP contribution >= 0.6 is 0 Å². The lowest BCUT2D eigenvalue weighted by atomic mass is 9.88. The molecule has 0 atom stereocenters. The standard InChI is InChI=1S/C18H18O5/c1-2-17(21)23-18(22)11-16(12-3-7-14(19)8-4-12)13-5-9-15(20)10-6-13/h3-10,16,19-20H,2,11H2,1H3. The van der Waals surface area contributed by atoms with Crippen LogP contribution in [0.2, 0.25) is 0 Å². The Hall–Kier alpha value is -2.82. The Labute approximate surface area is 134 Å². The van der Waals surface area contributed by atoms with Crippen LogP contribution in [0.1, 0.15) is 36.8 Å². The second-order valence-corrected chi connectivity index (χ2v) is 5.14. The average molecular weight is 314 g/mol. The minimum atomic E-state index is -0.608. The first kappa shape index (κ1) is 16.5. The van der Waals surface area contributed by atoms with Gasteiger partial charge in [0, 0.05) is 12.3 Å². The van der Waals surface area contributed by atoms with Gasteiger partial charge in [-0.1, -0.05) is 31.2 Å². The minimum absolute atomic E-state index is 0.0126. The molecule has 0 aliphatic rings. The molecule has 0 saturated carbocycles. The van der Waals surface area contributed by atoms with Gasteiger partial charge in [0.2, 0.25) is 0 Å². The summed E-state index contributed by atoms with van der Waals surface area (Å²) in [5.74, 6) is -1.26. The van der Waals surface area contributed by atoms with Gasteiger partial charge >= 0.3 is 11.9 Å². The molecule has 0 amide bonds. The normalized spacial score (nSPS) is 10.5. The number of hydrogen-bond donors (Lipinski definition) is 2. The fraction of sp³-hybridized carbons (Fsp3) is 0.222. The van der Waals surface area contributed by atoms with Gasteiger partial charge in [-0.3, -0.25) is 9.59 Å². The van der Waals surface area contributed by atoms with Crippen LogP contribution in [0, 0.1) is 0 Å². The largest absolute Gasteiger partial charge is 0.508 e. The first-order valence-corrected chi connectivity index (χ1v) is 7.31. The maximum atomic E-state index is 12.0. The molecule has 5 nitrogen and oxygen atoms in total. The van der Waals surface area contributed by atoms with Gasteiger partial charge in [-0.05, 0) is 35.4 Å². The molecule has 0 unspecified atom stereocenters. The fourth-order valence-electron chi connectivity index (χ4n) is 2.25. The van der Waals surface area contributed by atoms with Crippen molar-refractivity contribution in [3.8, 4) is 11.5 Å². The maximum absolute atomic E-state index is 12.0. The molecule has 23 heavy (non-hydrogen) atoms. The van der Waals surface area contributed by atoms with Crippen molar-refractivity contribution in [2.24, 2.45) is 0 Å². The summed E-state index contributed by atoms with van der Waals surface area (Å²) in [5.41, 5.74) is 1.60. The van der Waals surface area contributed by atoms with Crippen LogP contribution in [0.15, 0.2) is 48.5 Å². The number of esters is 2. The monoisotopic (exact) mass is 314 g/mol. The summed E-state index contributed by atoms with van der Waals surface area (Å²) in [6.07, 6.45) is 0.121. The van der Waals surface area contributed by atoms with Crippen LogP contribution in [0.25, 0.3) is 0 Å². The number of hydrogen-bond acceptors (Lipinski definition) is 5. The van der Waals surface area contributed by atoms with E-state index in [-0.39, 0.29) is 30.3 Å². The zero-order valence-electron chi connectivity index (χ0n) is 12.7. The topological polar surface area (TPSA) is 83.8 Å². The first-order chi connectivity index (χ1) is 11.0. The molecule has 2 aromatic carbocycles. The number of carbonyl (C=O) groups is 2. The van der Waals surface area contributed by atoms with Gasteiger partial charge in [0.05, 0.1) is 6.42 Å². The van der Waals surface area contributed by atoms with E-state index in [1.807, 2.05) is 0 Å². The third kappa shape index (κ3) is 4.57. The van der Waals surface area contributed by atoms with E-state index in [0.717, 1.165) is 11.1 Å². The zero-order valence-corrected chi connectivity index (χ0v) is 12.7. The predicted molar refractivity (Wildman–Crippen MR) is 84.1 cm³/mol. The third-order valence-electron chi connectivity index (χ3n) is 3.48. The van der Waals surface area contributed by atoms with E-state index >= 15 is 0 Å². The smallest absolute Gasteiger partial charge is 0.314 e. The van der Waals surface area contributed by atoms with Crippen molar-refractivity contribution < 1.29 is 24.5 Å². The summed E-state index contributed by atoms with van der Waals surface area (Å²) < 4.78 is 4.74. The summed E-state index contributed by atoms with van der Waals surface area (Å²) in [6.45, 7) is 1.62. The van der Waals surface area contributed by atoms with Gasteiger partial charge < -0.3 is 14.9 Å². The summed E-state index contributed by atoms with van der Waals surface area (Å²) in [6, 6.07) is 13.0. The molecule has 0 radical (unpaired) electrons. The molecule has 120 valence electrons. The highest BCUT2D eigenvalue weighted by Gasteiger charge is 2.21. The van der Waals surface area contributed by atoms with Gasteiger partial charge in [-0.15, -0.1) is 0 Å². The highest BCUT2D eigenvalue weighted by atomic mass is 16.6. The van der Waals surface area contributed by atoms with Crippen molar-refractivity contribution in [3.63, 3.8) is 0 Å². The molecule has 0 aliphatic carbocycles. The van der Waals surface area contributed by atoms with Crippen molar-refractivity contribution in [2.45, 2.75) is 25.7 Å². The Bertz CT molecular complexity index is 628. The first-order valence-electron chi connectivity index (χ1n) is 7.31. The van der Waals surface area contributed by atoms with Gasteiger partial charge in [0.25, 0.3) is 0 Å². The van der Waals surface area contributed by atoms with Crippen molar-refractivity contribution >= 4 is 11.9 Å². The van der Waals surface area contributed by atoms with Gasteiger partial charge in [-0.25, -0.2) is 0 Å². The van der Waals surface area contributed by atoms with E-state index in [1.165, 1.54) is 24.3 Å². The van der Waals surface area contributed by atoms with Crippen LogP contribution in [-0.2, 0) is 14.3 Å². The highest BCUT2D eigenvalue weighted by molar-refractivity contribution is 5.85. The fourth-order valence-corrected chi connectivity index (χ4v) is 2.25. The lowest BCUT2D eigenvalue weighted by molar-refractivity contribution is -0.159. The van der Waals surface area contributed by atoms with Gasteiger partial charge in [0.1, 0.15) is 11.5 Å². The molecular formula is C18H18O5. The Morgan fingerprint density at radius 3 is 1.70 bits per heavy atom. The van der Waals surface area contributed by atoms with Crippen LogP contribution in [0.5, 0.6) is 11.5 Å². The quantitative estimate of drug-likeness (QED) is 0.654. The number of aromatic hydroxyl groups is 2. The molecule has 0 saturated heterocycles. The van der Waals surface area contributed by atoms with Crippen LogP contribution in [0.3, 0.4) is 0 Å². The predicted octanol–water partition coefficient (Wildman–Crippen LogP) is 3.10. The molecule has 0 spiro atoms. The number of ether oxygens (including phenoxy) is 1. The lowest BCUT2D eigenvalue weighted by Gasteiger charge is -2.17. The molecule has 0 bridgehead atoms. The molecule has 2 rings (SSSR count). The van der Waals surface area contributed by atoms with Crippen LogP contribution < -0.4 is 0 Å². The van der Waals surface area contributed by atoms with E-state index in [0.29, 0.717) is 0 Å². The van der Waals surface area contributed by atoms with Crippen molar-refractivity contribution in [1.29, 1.82) is 0 Å². The Morgan fingerprint density at radius 2 is 1.30 bits per heavy atom. The summed E-state index contributed by atoms with van der Waals surface area (Å²) in [7, 11) is 0. The van der Waals surface area contributed by atoms with E-state index in [1.54, 1.807) is 31.2 Å². The second-order valence-electron chi connectivity index (χ2n) is 5.14. The minimum Gasteiger partial charge on any atom is -0.508 e. The molecule has 0 heterocycles. The Kier molecular flexibility index (Phi) is 5.36. The van der Waals surface area contributed by atoms with Crippen LogP contribution in [0.4, 0.5) is 0 Å². The average Bonchev–Trinajstić information content (AvgIpc) is 2.54. The van der Waals surface area contributed by atoms with Gasteiger partial charge in [0.15, 0.2) is 0 Å². The molecule has 0 fully saturated rings. The molecular weight excluding hydrogens is 296 g/mol. The van der Waals surface area contributed by atoms with E-state index in [9.17, 15) is 19.8 Å². The number of carbonyl (C=O) groups excluding carboxylic acids is 2. The van der Waals surface area contributed by atoms with Crippen molar-refractivity contribution in [2.75, 3.05) is 0 Å². The lowest BCUT2D eigenvalue weighted by Crippen LogP contribution is -2.15. The maximum Gasteiger partial charge on any atom is 0.314 e. The molecule has 2 aromatic rings. The van der Waals surface area contributed by atoms with E-state index in [4.69, 9.17) is 4.74 Å². The van der Waals surface area contributed by atoms with Crippen LogP contribution in [-0.4, -0.2) is 22.2 Å². The summed E-state index contributed by atoms with van der Waals surface area (Å²) in [4.78, 5) is 23.2. The highest BCUT2D eigenvalue weighted by Crippen LogP contribution is 2.30. The number of phenolic OH excluding ortho intramolecular Hbond substituents is 2. The van der Waals surface area contributed by atoms with Crippen molar-refractivity contribution in [3.05, 3.63) is 59.7 Å². The van der Waals surface area contributed by atoms with Crippen molar-refractivity contribution in [1.82, 2.24) is 0 Å². The number of benzene rings is 2. The Morgan fingerprint density at radius 1 is 0.870 bits per heavy atom. The second kappa shape index (κ2) is 7.45. The third-order valence-corrected chi connectivity index (χ3v) is 3.48. The number of phenols is 2. The summed E-state index contributed by atoms with van der Waals surface area (Å²) >= 11 is 0. The van der Waals surface area contributed by atoms with Gasteiger partial charge in [-0.2, -0.15) is 0 Å². The molecule has 2 N–H and O–H groups in total. The Balaban J connectivity index is 2.27. The van der Waals surface area contributed by atoms with E-state index < -0.39 is 11.9 Å². The summed E-state index contributed by atoms with van der Waals surface area (Å²) in [5, 5.41) is 18.8. The number of rotatable bonds is 5. The molecule has 0 aliphatic heterocycles. The molecule has 5 heteroatoms. The zero-order chi connectivity index (χ0) is 16.8.